The molecule has 25 heavy (non-hydrogen) atoms. The number of carbonyl (C=O) groups is 1. The molecule has 2 aromatic heterocycles. The molecule has 0 bridgehead atoms. The number of aromatic nitrogens is 2. The molecule has 6 nitrogen and oxygen atoms in total. The van der Waals surface area contributed by atoms with Crippen LogP contribution in [0.5, 0.6) is 5.75 Å². The molecule has 1 atom stereocenters. The fourth-order valence-corrected chi connectivity index (χ4v) is 2.77. The topological polar surface area (TPSA) is 77.2 Å². The predicted molar refractivity (Wildman–Crippen MR) is 94.8 cm³/mol. The van der Waals surface area contributed by atoms with Crippen molar-refractivity contribution in [1.29, 1.82) is 0 Å². The maximum Gasteiger partial charge on any atom is 0.258 e. The fraction of sp³-hybridized carbons (Fsp3) is 0.316. The van der Waals surface area contributed by atoms with E-state index in [0.717, 1.165) is 11.3 Å². The van der Waals surface area contributed by atoms with Gasteiger partial charge < -0.3 is 14.6 Å². The van der Waals surface area contributed by atoms with Gasteiger partial charge in [-0.25, -0.2) is 4.98 Å². The number of carbonyl (C=O) groups excluding carboxylic acids is 1. The minimum Gasteiger partial charge on any atom is -0.494 e. The standard InChI is InChI=1S/C19H21N3O3/c1-5-24-15-8-6-14(7-9-15)12(3)21-18(23)16-10-11(2)20-19-17(16)13(4)22-25-19/h6-10,12H,5H2,1-4H3,(H,21,23)/t12-/m0/s1. The third-order valence-corrected chi connectivity index (χ3v) is 4.03. The first-order valence-corrected chi connectivity index (χ1v) is 8.26. The number of aryl methyl sites for hydroxylation is 2. The third-order valence-electron chi connectivity index (χ3n) is 4.03. The summed E-state index contributed by atoms with van der Waals surface area (Å²) in [6.07, 6.45) is 0. The van der Waals surface area contributed by atoms with Crippen LogP contribution in [0.2, 0.25) is 0 Å². The lowest BCUT2D eigenvalue weighted by molar-refractivity contribution is 0.0941. The van der Waals surface area contributed by atoms with Gasteiger partial charge in [-0.05, 0) is 51.5 Å². The van der Waals surface area contributed by atoms with Crippen LogP contribution in [-0.4, -0.2) is 22.7 Å². The zero-order valence-electron chi connectivity index (χ0n) is 14.8. The number of nitrogens with one attached hydrogen (secondary N) is 1. The second-order valence-corrected chi connectivity index (χ2v) is 5.96. The van der Waals surface area contributed by atoms with Gasteiger partial charge in [0.2, 0.25) is 0 Å². The predicted octanol–water partition coefficient (Wildman–Crippen LogP) is 3.73. The van der Waals surface area contributed by atoms with Gasteiger partial charge in [0.15, 0.2) is 0 Å². The van der Waals surface area contributed by atoms with Gasteiger partial charge in [-0.2, -0.15) is 0 Å². The van der Waals surface area contributed by atoms with E-state index in [2.05, 4.69) is 15.5 Å². The lowest BCUT2D eigenvalue weighted by Crippen LogP contribution is -2.27. The number of rotatable bonds is 5. The van der Waals surface area contributed by atoms with Crippen LogP contribution < -0.4 is 10.1 Å². The van der Waals surface area contributed by atoms with Crippen LogP contribution >= 0.6 is 0 Å². The summed E-state index contributed by atoms with van der Waals surface area (Å²) in [5.41, 5.74) is 3.28. The lowest BCUT2D eigenvalue weighted by atomic mass is 10.1. The summed E-state index contributed by atoms with van der Waals surface area (Å²) in [7, 11) is 0. The normalized spacial score (nSPS) is 12.2. The number of hydrogen-bond acceptors (Lipinski definition) is 5. The Kier molecular flexibility index (Phi) is 4.70. The van der Waals surface area contributed by atoms with E-state index in [-0.39, 0.29) is 11.9 Å². The quantitative estimate of drug-likeness (QED) is 0.766. The number of benzene rings is 1. The van der Waals surface area contributed by atoms with Crippen LogP contribution in [-0.2, 0) is 0 Å². The SMILES string of the molecule is CCOc1ccc([C@H](C)NC(=O)c2cc(C)nc3onc(C)c23)cc1. The zero-order chi connectivity index (χ0) is 18.0. The average Bonchev–Trinajstić information content (AvgIpc) is 2.96. The van der Waals surface area contributed by atoms with Crippen LogP contribution in [0.25, 0.3) is 11.1 Å². The highest BCUT2D eigenvalue weighted by molar-refractivity contribution is 6.06. The molecular formula is C19H21N3O3. The Bertz CT molecular complexity index is 900. The first kappa shape index (κ1) is 17.0. The summed E-state index contributed by atoms with van der Waals surface area (Å²) >= 11 is 0. The molecule has 3 aromatic rings. The van der Waals surface area contributed by atoms with Gasteiger partial charge in [-0.3, -0.25) is 4.79 Å². The van der Waals surface area contributed by atoms with Crippen molar-refractivity contribution in [2.24, 2.45) is 0 Å². The molecule has 0 saturated carbocycles. The Morgan fingerprint density at radius 1 is 1.28 bits per heavy atom. The van der Waals surface area contributed by atoms with Crippen LogP contribution in [0.1, 0.15) is 47.2 Å². The largest absolute Gasteiger partial charge is 0.494 e. The molecule has 0 spiro atoms. The van der Waals surface area contributed by atoms with Gasteiger partial charge >= 0.3 is 0 Å². The second kappa shape index (κ2) is 6.93. The summed E-state index contributed by atoms with van der Waals surface area (Å²) in [5, 5.41) is 7.59. The molecule has 0 unspecified atom stereocenters. The highest BCUT2D eigenvalue weighted by Gasteiger charge is 2.19. The van der Waals surface area contributed by atoms with E-state index in [1.165, 1.54) is 0 Å². The van der Waals surface area contributed by atoms with Crippen molar-refractivity contribution in [3.05, 3.63) is 52.8 Å². The number of pyridine rings is 1. The number of ether oxygens (including phenoxy) is 1. The van der Waals surface area contributed by atoms with Crippen LogP contribution in [0, 0.1) is 13.8 Å². The second-order valence-electron chi connectivity index (χ2n) is 5.96. The Labute approximate surface area is 146 Å². The number of nitrogens with zero attached hydrogens (tertiary/aromatic N) is 2. The molecule has 0 aliphatic rings. The van der Waals surface area contributed by atoms with E-state index >= 15 is 0 Å². The molecule has 0 aliphatic heterocycles. The summed E-state index contributed by atoms with van der Waals surface area (Å²) in [4.78, 5) is 17.1. The fourth-order valence-electron chi connectivity index (χ4n) is 2.77. The zero-order valence-corrected chi connectivity index (χ0v) is 14.8. The van der Waals surface area contributed by atoms with Gasteiger partial charge in [-0.1, -0.05) is 17.3 Å². The molecule has 0 fully saturated rings. The number of amides is 1. The summed E-state index contributed by atoms with van der Waals surface area (Å²) in [6.45, 7) is 8.14. The Balaban J connectivity index is 1.83. The summed E-state index contributed by atoms with van der Waals surface area (Å²) in [6, 6.07) is 9.32. The average molecular weight is 339 g/mol. The third kappa shape index (κ3) is 3.47. The molecule has 1 N–H and O–H groups in total. The van der Waals surface area contributed by atoms with Gasteiger partial charge in [0.05, 0.1) is 29.3 Å². The van der Waals surface area contributed by atoms with E-state index in [0.29, 0.717) is 34.7 Å². The Morgan fingerprint density at radius 3 is 2.68 bits per heavy atom. The van der Waals surface area contributed by atoms with E-state index < -0.39 is 0 Å². The summed E-state index contributed by atoms with van der Waals surface area (Å²) in [5.74, 6) is 0.638. The van der Waals surface area contributed by atoms with Crippen LogP contribution in [0.4, 0.5) is 0 Å². The van der Waals surface area contributed by atoms with Crippen LogP contribution in [0.3, 0.4) is 0 Å². The molecule has 1 amide bonds. The number of hydrogen-bond donors (Lipinski definition) is 1. The van der Waals surface area contributed by atoms with Gasteiger partial charge in [0.1, 0.15) is 5.75 Å². The monoisotopic (exact) mass is 339 g/mol. The van der Waals surface area contributed by atoms with Crippen molar-refractivity contribution in [1.82, 2.24) is 15.5 Å². The lowest BCUT2D eigenvalue weighted by Gasteiger charge is -2.15. The van der Waals surface area contributed by atoms with Crippen molar-refractivity contribution >= 4 is 17.0 Å². The first-order chi connectivity index (χ1) is 12.0. The van der Waals surface area contributed by atoms with E-state index in [9.17, 15) is 4.79 Å². The van der Waals surface area contributed by atoms with Crippen molar-refractivity contribution in [3.8, 4) is 5.75 Å². The van der Waals surface area contributed by atoms with Gasteiger partial charge in [0, 0.05) is 5.69 Å². The van der Waals surface area contributed by atoms with E-state index in [4.69, 9.17) is 9.26 Å². The van der Waals surface area contributed by atoms with E-state index in [1.807, 2.05) is 45.0 Å². The van der Waals surface area contributed by atoms with Crippen molar-refractivity contribution in [2.75, 3.05) is 6.61 Å². The van der Waals surface area contributed by atoms with Crippen molar-refractivity contribution in [2.45, 2.75) is 33.7 Å². The minimum absolute atomic E-state index is 0.146. The molecule has 2 heterocycles. The highest BCUT2D eigenvalue weighted by Crippen LogP contribution is 2.23. The Morgan fingerprint density at radius 2 is 2.00 bits per heavy atom. The first-order valence-electron chi connectivity index (χ1n) is 8.26. The molecule has 0 radical (unpaired) electrons. The molecule has 0 aliphatic carbocycles. The molecule has 3 rings (SSSR count). The minimum atomic E-state index is -0.178. The van der Waals surface area contributed by atoms with Gasteiger partial charge in [-0.15, -0.1) is 0 Å². The van der Waals surface area contributed by atoms with Crippen LogP contribution in [0.15, 0.2) is 34.9 Å². The van der Waals surface area contributed by atoms with Crippen molar-refractivity contribution in [3.63, 3.8) is 0 Å². The molecule has 6 heteroatoms. The van der Waals surface area contributed by atoms with Gasteiger partial charge in [0.25, 0.3) is 11.6 Å². The molecular weight excluding hydrogens is 318 g/mol. The van der Waals surface area contributed by atoms with Crippen molar-refractivity contribution < 1.29 is 14.1 Å². The maximum absolute atomic E-state index is 12.8. The summed E-state index contributed by atoms with van der Waals surface area (Å²) < 4.78 is 10.6. The highest BCUT2D eigenvalue weighted by atomic mass is 16.5. The van der Waals surface area contributed by atoms with E-state index in [1.54, 1.807) is 13.0 Å². The molecule has 1 aromatic carbocycles. The molecule has 0 saturated heterocycles. The Hall–Kier alpha value is -2.89. The smallest absolute Gasteiger partial charge is 0.258 e. The number of fused-ring (bicyclic) bond motifs is 1. The maximum atomic E-state index is 12.8. The molecule has 130 valence electrons.